The summed E-state index contributed by atoms with van der Waals surface area (Å²) in [5.41, 5.74) is 2.90. The lowest BCUT2D eigenvalue weighted by Gasteiger charge is -2.12. The van der Waals surface area contributed by atoms with Crippen LogP contribution in [-0.4, -0.2) is 28.0 Å². The first-order valence-electron chi connectivity index (χ1n) is 6.91. The summed E-state index contributed by atoms with van der Waals surface area (Å²) in [6.45, 7) is 9.14. The molecular formula is C15H21N3O2. The summed E-state index contributed by atoms with van der Waals surface area (Å²) < 4.78 is 13.1. The Kier molecular flexibility index (Phi) is 4.74. The number of nitrogens with zero attached hydrogens (tertiary/aromatic N) is 3. The molecule has 108 valence electrons. The van der Waals surface area contributed by atoms with E-state index in [-0.39, 0.29) is 6.23 Å². The molecule has 20 heavy (non-hydrogen) atoms. The molecule has 0 saturated carbocycles. The van der Waals surface area contributed by atoms with Gasteiger partial charge in [-0.15, -0.1) is 0 Å². The summed E-state index contributed by atoms with van der Waals surface area (Å²) in [7, 11) is 0. The summed E-state index contributed by atoms with van der Waals surface area (Å²) in [5, 5.41) is 4.36. The first-order valence-corrected chi connectivity index (χ1v) is 6.91. The highest BCUT2D eigenvalue weighted by atomic mass is 16.5. The van der Waals surface area contributed by atoms with Gasteiger partial charge in [0.25, 0.3) is 0 Å². The number of pyridine rings is 1. The van der Waals surface area contributed by atoms with Crippen LogP contribution in [-0.2, 0) is 4.74 Å². The average Bonchev–Trinajstić information content (AvgIpc) is 2.91. The maximum Gasteiger partial charge on any atom is 0.148 e. The van der Waals surface area contributed by atoms with Crippen molar-refractivity contribution in [3.8, 4) is 16.9 Å². The molecule has 0 radical (unpaired) electrons. The molecule has 0 amide bonds. The predicted octanol–water partition coefficient (Wildman–Crippen LogP) is 3.21. The SMILES string of the molecule is CCOc1c(-c2cnn(C(C)OCC)c2)ccnc1C. The van der Waals surface area contributed by atoms with E-state index in [9.17, 15) is 0 Å². The van der Waals surface area contributed by atoms with Crippen molar-refractivity contribution in [1.29, 1.82) is 0 Å². The van der Waals surface area contributed by atoms with Gasteiger partial charge in [0, 0.05) is 30.1 Å². The molecule has 0 aliphatic rings. The molecule has 2 aromatic rings. The second kappa shape index (κ2) is 6.52. The van der Waals surface area contributed by atoms with Crippen molar-refractivity contribution in [2.75, 3.05) is 13.2 Å². The normalized spacial score (nSPS) is 12.4. The largest absolute Gasteiger partial charge is 0.491 e. The molecule has 0 bridgehead atoms. The fourth-order valence-electron chi connectivity index (χ4n) is 2.10. The smallest absolute Gasteiger partial charge is 0.148 e. The van der Waals surface area contributed by atoms with Crippen molar-refractivity contribution in [2.24, 2.45) is 0 Å². The second-order valence-corrected chi connectivity index (χ2v) is 4.47. The molecule has 0 aliphatic carbocycles. The molecule has 5 nitrogen and oxygen atoms in total. The van der Waals surface area contributed by atoms with Gasteiger partial charge in [0.15, 0.2) is 0 Å². The molecule has 2 aromatic heterocycles. The Labute approximate surface area is 119 Å². The third kappa shape index (κ3) is 2.99. The van der Waals surface area contributed by atoms with Gasteiger partial charge in [0.05, 0.1) is 18.5 Å². The maximum absolute atomic E-state index is 5.71. The van der Waals surface area contributed by atoms with Crippen LogP contribution in [0.2, 0.25) is 0 Å². The lowest BCUT2D eigenvalue weighted by molar-refractivity contribution is 0.0160. The minimum absolute atomic E-state index is 0.0766. The van der Waals surface area contributed by atoms with Crippen molar-refractivity contribution in [2.45, 2.75) is 33.9 Å². The molecule has 0 aromatic carbocycles. The summed E-state index contributed by atoms with van der Waals surface area (Å²) in [6.07, 6.45) is 5.51. The summed E-state index contributed by atoms with van der Waals surface area (Å²) in [5.74, 6) is 0.818. The molecule has 2 heterocycles. The number of ether oxygens (including phenoxy) is 2. The Morgan fingerprint density at radius 1 is 1.30 bits per heavy atom. The molecule has 2 rings (SSSR count). The third-order valence-corrected chi connectivity index (χ3v) is 3.06. The third-order valence-electron chi connectivity index (χ3n) is 3.06. The molecule has 1 atom stereocenters. The second-order valence-electron chi connectivity index (χ2n) is 4.47. The highest BCUT2D eigenvalue weighted by molar-refractivity contribution is 5.69. The van der Waals surface area contributed by atoms with Gasteiger partial charge in [0.2, 0.25) is 0 Å². The quantitative estimate of drug-likeness (QED) is 0.812. The first kappa shape index (κ1) is 14.5. The predicted molar refractivity (Wildman–Crippen MR) is 77.7 cm³/mol. The zero-order valence-corrected chi connectivity index (χ0v) is 12.5. The van der Waals surface area contributed by atoms with Crippen molar-refractivity contribution in [3.05, 3.63) is 30.4 Å². The van der Waals surface area contributed by atoms with E-state index in [0.717, 1.165) is 22.6 Å². The number of hydrogen-bond donors (Lipinski definition) is 0. The Balaban J connectivity index is 2.35. The topological polar surface area (TPSA) is 49.2 Å². The number of aromatic nitrogens is 3. The first-order chi connectivity index (χ1) is 9.67. The van der Waals surface area contributed by atoms with Crippen LogP contribution in [0.15, 0.2) is 24.7 Å². The summed E-state index contributed by atoms with van der Waals surface area (Å²) in [4.78, 5) is 4.28. The van der Waals surface area contributed by atoms with Gasteiger partial charge in [-0.3, -0.25) is 4.98 Å². The van der Waals surface area contributed by atoms with Crippen LogP contribution in [0.4, 0.5) is 0 Å². The molecular weight excluding hydrogens is 254 g/mol. The maximum atomic E-state index is 5.71. The van der Waals surface area contributed by atoms with Crippen LogP contribution < -0.4 is 4.74 Å². The monoisotopic (exact) mass is 275 g/mol. The minimum Gasteiger partial charge on any atom is -0.491 e. The van der Waals surface area contributed by atoms with Crippen molar-refractivity contribution < 1.29 is 9.47 Å². The van der Waals surface area contributed by atoms with Crippen LogP contribution in [0.5, 0.6) is 5.75 Å². The highest BCUT2D eigenvalue weighted by Gasteiger charge is 2.13. The van der Waals surface area contributed by atoms with Gasteiger partial charge < -0.3 is 9.47 Å². The zero-order valence-electron chi connectivity index (χ0n) is 12.5. The minimum atomic E-state index is -0.0766. The van der Waals surface area contributed by atoms with Crippen LogP contribution in [0.1, 0.15) is 32.7 Å². The van der Waals surface area contributed by atoms with Crippen molar-refractivity contribution in [1.82, 2.24) is 14.8 Å². The van der Waals surface area contributed by atoms with Crippen molar-refractivity contribution in [3.63, 3.8) is 0 Å². The van der Waals surface area contributed by atoms with Gasteiger partial charge in [-0.2, -0.15) is 5.10 Å². The van der Waals surface area contributed by atoms with E-state index < -0.39 is 0 Å². The zero-order chi connectivity index (χ0) is 14.5. The van der Waals surface area contributed by atoms with Crippen LogP contribution >= 0.6 is 0 Å². The number of rotatable bonds is 6. The lowest BCUT2D eigenvalue weighted by Crippen LogP contribution is -2.09. The fraction of sp³-hybridized carbons (Fsp3) is 0.467. The van der Waals surface area contributed by atoms with Gasteiger partial charge in [0.1, 0.15) is 12.0 Å². The van der Waals surface area contributed by atoms with E-state index >= 15 is 0 Å². The molecule has 0 aliphatic heterocycles. The van der Waals surface area contributed by atoms with E-state index in [1.807, 2.05) is 50.8 Å². The van der Waals surface area contributed by atoms with Gasteiger partial charge >= 0.3 is 0 Å². The van der Waals surface area contributed by atoms with Crippen LogP contribution in [0.25, 0.3) is 11.1 Å². The standard InChI is InChI=1S/C15H21N3O2/c1-5-19-12(4)18-10-13(9-17-18)14-7-8-16-11(3)15(14)20-6-2/h7-10,12H,5-6H2,1-4H3. The van der Waals surface area contributed by atoms with Gasteiger partial charge in [-0.05, 0) is 33.8 Å². The van der Waals surface area contributed by atoms with Crippen molar-refractivity contribution >= 4 is 0 Å². The molecule has 0 spiro atoms. The average molecular weight is 275 g/mol. The van der Waals surface area contributed by atoms with E-state index in [1.165, 1.54) is 0 Å². The van der Waals surface area contributed by atoms with Gasteiger partial charge in [-0.25, -0.2) is 4.68 Å². The van der Waals surface area contributed by atoms with E-state index in [2.05, 4.69) is 10.1 Å². The Hall–Kier alpha value is -1.88. The Bertz CT molecular complexity index is 566. The van der Waals surface area contributed by atoms with Crippen LogP contribution in [0, 0.1) is 6.92 Å². The molecule has 0 saturated heterocycles. The Morgan fingerprint density at radius 3 is 2.80 bits per heavy atom. The van der Waals surface area contributed by atoms with E-state index in [0.29, 0.717) is 13.2 Å². The summed E-state index contributed by atoms with van der Waals surface area (Å²) in [6, 6.07) is 1.95. The van der Waals surface area contributed by atoms with Gasteiger partial charge in [-0.1, -0.05) is 0 Å². The van der Waals surface area contributed by atoms with E-state index in [1.54, 1.807) is 6.20 Å². The summed E-state index contributed by atoms with van der Waals surface area (Å²) >= 11 is 0. The fourth-order valence-corrected chi connectivity index (χ4v) is 2.10. The molecule has 1 unspecified atom stereocenters. The van der Waals surface area contributed by atoms with E-state index in [4.69, 9.17) is 9.47 Å². The van der Waals surface area contributed by atoms with Crippen LogP contribution in [0.3, 0.4) is 0 Å². The number of hydrogen-bond acceptors (Lipinski definition) is 4. The molecule has 0 fully saturated rings. The highest BCUT2D eigenvalue weighted by Crippen LogP contribution is 2.31. The lowest BCUT2D eigenvalue weighted by atomic mass is 10.1. The number of aryl methyl sites for hydroxylation is 1. The molecule has 5 heteroatoms. The Morgan fingerprint density at radius 2 is 2.10 bits per heavy atom. The molecule has 0 N–H and O–H groups in total.